The van der Waals surface area contributed by atoms with E-state index in [0.29, 0.717) is 6.61 Å². The van der Waals surface area contributed by atoms with E-state index in [1.165, 1.54) is 36.2 Å². The third kappa shape index (κ3) is 11.5. The molecular formula is C32H38F2N2O7. The van der Waals surface area contributed by atoms with Crippen LogP contribution in [0.5, 0.6) is 0 Å². The van der Waals surface area contributed by atoms with Gasteiger partial charge < -0.3 is 30.1 Å². The van der Waals surface area contributed by atoms with E-state index in [-0.39, 0.29) is 17.7 Å². The van der Waals surface area contributed by atoms with E-state index in [1.54, 1.807) is 24.3 Å². The Morgan fingerprint density at radius 2 is 1.14 bits per heavy atom. The van der Waals surface area contributed by atoms with Crippen LogP contribution >= 0.6 is 0 Å². The molecule has 11 heteroatoms. The number of aliphatic hydroxyl groups excluding tert-OH is 2. The number of aliphatic carboxylic acids is 2. The molecule has 0 saturated carbocycles. The van der Waals surface area contributed by atoms with Crippen LogP contribution < -0.4 is 0 Å². The minimum atomic E-state index is -2.27. The highest BCUT2D eigenvalue weighted by molar-refractivity contribution is 5.83. The minimum absolute atomic E-state index is 0.279. The van der Waals surface area contributed by atoms with Gasteiger partial charge in [-0.2, -0.15) is 0 Å². The molecule has 1 aliphatic rings. The number of hydrogen-bond acceptors (Lipinski definition) is 7. The Morgan fingerprint density at radius 1 is 0.698 bits per heavy atom. The molecule has 1 fully saturated rings. The molecule has 4 rings (SSSR count). The fourth-order valence-electron chi connectivity index (χ4n) is 4.62. The lowest BCUT2D eigenvalue weighted by Crippen LogP contribution is -2.47. The molecule has 2 unspecified atom stereocenters. The van der Waals surface area contributed by atoms with E-state index in [2.05, 4.69) is 40.1 Å². The van der Waals surface area contributed by atoms with Gasteiger partial charge in [-0.15, -0.1) is 0 Å². The quantitative estimate of drug-likeness (QED) is 0.234. The van der Waals surface area contributed by atoms with Crippen molar-refractivity contribution in [1.82, 2.24) is 9.80 Å². The van der Waals surface area contributed by atoms with E-state index < -0.39 is 24.1 Å². The normalized spacial score (nSPS) is 15.4. The van der Waals surface area contributed by atoms with Crippen molar-refractivity contribution in [3.63, 3.8) is 0 Å². The van der Waals surface area contributed by atoms with Crippen molar-refractivity contribution in [2.75, 3.05) is 45.9 Å². The van der Waals surface area contributed by atoms with E-state index in [0.717, 1.165) is 56.8 Å². The van der Waals surface area contributed by atoms with Crippen LogP contribution in [0, 0.1) is 11.6 Å². The summed E-state index contributed by atoms with van der Waals surface area (Å²) in [7, 11) is 0. The monoisotopic (exact) mass is 600 g/mol. The Hall–Kier alpha value is -3.74. The number of carbonyl (C=O) groups is 2. The van der Waals surface area contributed by atoms with E-state index in [1.807, 2.05) is 0 Å². The molecule has 0 aliphatic carbocycles. The van der Waals surface area contributed by atoms with Gasteiger partial charge in [-0.05, 0) is 60.3 Å². The molecule has 9 nitrogen and oxygen atoms in total. The Bertz CT molecular complexity index is 1190. The van der Waals surface area contributed by atoms with E-state index >= 15 is 0 Å². The van der Waals surface area contributed by atoms with Gasteiger partial charge in [0.05, 0.1) is 6.61 Å². The zero-order valence-electron chi connectivity index (χ0n) is 23.8. The predicted octanol–water partition coefficient (Wildman–Crippen LogP) is 3.20. The van der Waals surface area contributed by atoms with Gasteiger partial charge in [-0.3, -0.25) is 4.90 Å². The molecule has 3 aromatic carbocycles. The first-order valence-corrected chi connectivity index (χ1v) is 14.1. The zero-order chi connectivity index (χ0) is 31.2. The number of benzene rings is 3. The van der Waals surface area contributed by atoms with Crippen molar-refractivity contribution in [3.8, 4) is 0 Å². The van der Waals surface area contributed by atoms with Crippen molar-refractivity contribution < 1.29 is 43.5 Å². The summed E-state index contributed by atoms with van der Waals surface area (Å²) in [6.07, 6.45) is -2.56. The average Bonchev–Trinajstić information content (AvgIpc) is 3.01. The fraction of sp³-hybridized carbons (Fsp3) is 0.375. The Balaban J connectivity index is 0.000000436. The zero-order valence-corrected chi connectivity index (χ0v) is 23.8. The van der Waals surface area contributed by atoms with Gasteiger partial charge >= 0.3 is 11.9 Å². The van der Waals surface area contributed by atoms with E-state index in [4.69, 9.17) is 25.2 Å². The van der Waals surface area contributed by atoms with Crippen LogP contribution in [0.1, 0.15) is 29.2 Å². The number of aryl methyl sites for hydroxylation is 1. The molecule has 0 amide bonds. The summed E-state index contributed by atoms with van der Waals surface area (Å²) in [6, 6.07) is 23.3. The lowest BCUT2D eigenvalue weighted by Gasteiger charge is -2.35. The molecule has 43 heavy (non-hydrogen) atoms. The smallest absolute Gasteiger partial charge is 0.335 e. The maximum atomic E-state index is 13.4. The number of nitrogens with zero attached hydrogens (tertiary/aromatic N) is 2. The lowest BCUT2D eigenvalue weighted by atomic mass is 10.0. The van der Waals surface area contributed by atoms with Crippen LogP contribution in [0.15, 0.2) is 78.9 Å². The van der Waals surface area contributed by atoms with Gasteiger partial charge in [-0.1, -0.05) is 54.6 Å². The molecule has 1 heterocycles. The molecule has 2 atom stereocenters. The number of halogens is 2. The number of hydrogen-bond donors (Lipinski definition) is 4. The summed E-state index contributed by atoms with van der Waals surface area (Å²) in [4.78, 5) is 24.5. The Labute approximate surface area is 249 Å². The molecule has 1 aliphatic heterocycles. The summed E-state index contributed by atoms with van der Waals surface area (Å²) in [6.45, 7) is 6.77. The molecule has 1 saturated heterocycles. The molecule has 4 N–H and O–H groups in total. The van der Waals surface area contributed by atoms with Crippen molar-refractivity contribution in [2.45, 2.75) is 31.2 Å². The number of piperazine rings is 1. The van der Waals surface area contributed by atoms with Crippen molar-refractivity contribution in [3.05, 3.63) is 107 Å². The first-order chi connectivity index (χ1) is 20.6. The van der Waals surface area contributed by atoms with Gasteiger partial charge in [0.1, 0.15) is 17.7 Å². The van der Waals surface area contributed by atoms with Crippen LogP contribution in [0.4, 0.5) is 8.78 Å². The van der Waals surface area contributed by atoms with Crippen molar-refractivity contribution >= 4 is 11.9 Å². The molecule has 232 valence electrons. The molecule has 0 radical (unpaired) electrons. The fourth-order valence-corrected chi connectivity index (χ4v) is 4.62. The largest absolute Gasteiger partial charge is 0.479 e. The van der Waals surface area contributed by atoms with Crippen LogP contribution in [-0.4, -0.2) is 100 Å². The summed E-state index contributed by atoms with van der Waals surface area (Å²) in [5.41, 5.74) is 3.14. The first-order valence-electron chi connectivity index (χ1n) is 14.1. The van der Waals surface area contributed by atoms with Crippen LogP contribution in [-0.2, 0) is 20.7 Å². The first kappa shape index (κ1) is 33.8. The molecular weight excluding hydrogens is 562 g/mol. The van der Waals surface area contributed by atoms with Crippen LogP contribution in [0.25, 0.3) is 0 Å². The average molecular weight is 601 g/mol. The molecule has 0 aromatic heterocycles. The Morgan fingerprint density at radius 3 is 1.58 bits per heavy atom. The summed E-state index contributed by atoms with van der Waals surface area (Å²) in [5, 5.41) is 32.5. The summed E-state index contributed by atoms with van der Waals surface area (Å²) >= 11 is 0. The number of ether oxygens (including phenoxy) is 1. The van der Waals surface area contributed by atoms with Gasteiger partial charge in [0.15, 0.2) is 12.2 Å². The highest BCUT2D eigenvalue weighted by Gasteiger charge is 2.29. The minimum Gasteiger partial charge on any atom is -0.479 e. The van der Waals surface area contributed by atoms with Crippen molar-refractivity contribution in [1.29, 1.82) is 0 Å². The second-order valence-electron chi connectivity index (χ2n) is 10.2. The predicted molar refractivity (Wildman–Crippen MR) is 156 cm³/mol. The van der Waals surface area contributed by atoms with Gasteiger partial charge in [0.2, 0.25) is 0 Å². The van der Waals surface area contributed by atoms with Crippen molar-refractivity contribution in [2.24, 2.45) is 0 Å². The number of carboxylic acids is 2. The standard InChI is InChI=1S/C28H32F2N2O.C4H6O6/c29-26-12-8-24(9-13-26)28(25-10-14-27(30)15-11-25)33-22-21-32-19-17-31(18-20-32)16-4-7-23-5-2-1-3-6-23;5-1(3(7)8)2(6)4(9)10/h1-3,5-6,8-15,28H,4,7,16-22H2;1-2,5-6H,(H,7,8)(H,9,10). The number of carboxylic acid groups (broad SMARTS) is 2. The molecule has 0 spiro atoms. The summed E-state index contributed by atoms with van der Waals surface area (Å²) in [5.74, 6) is -4.10. The second-order valence-corrected chi connectivity index (χ2v) is 10.2. The van der Waals surface area contributed by atoms with Crippen LogP contribution in [0.2, 0.25) is 0 Å². The van der Waals surface area contributed by atoms with Gasteiger partial charge in [-0.25, -0.2) is 18.4 Å². The summed E-state index contributed by atoms with van der Waals surface area (Å²) < 4.78 is 33.0. The van der Waals surface area contributed by atoms with Crippen LogP contribution in [0.3, 0.4) is 0 Å². The lowest BCUT2D eigenvalue weighted by molar-refractivity contribution is -0.165. The third-order valence-corrected chi connectivity index (χ3v) is 7.09. The van der Waals surface area contributed by atoms with Gasteiger partial charge in [0, 0.05) is 32.7 Å². The number of rotatable bonds is 13. The van der Waals surface area contributed by atoms with Gasteiger partial charge in [0.25, 0.3) is 0 Å². The molecule has 3 aromatic rings. The SMILES string of the molecule is Fc1ccc(C(OCCN2CCN(CCCc3ccccc3)CC2)c2ccc(F)cc2)cc1.O=C(O)C(O)C(O)C(=O)O. The maximum Gasteiger partial charge on any atom is 0.335 e. The third-order valence-electron chi connectivity index (χ3n) is 7.09. The topological polar surface area (TPSA) is 131 Å². The number of aliphatic hydroxyl groups is 2. The molecule has 0 bridgehead atoms. The second kappa shape index (κ2) is 17.4. The Kier molecular flexibility index (Phi) is 13.7. The van der Waals surface area contributed by atoms with E-state index in [9.17, 15) is 18.4 Å². The highest BCUT2D eigenvalue weighted by Crippen LogP contribution is 2.26. The highest BCUT2D eigenvalue weighted by atomic mass is 19.1. The maximum absolute atomic E-state index is 13.4.